The van der Waals surface area contributed by atoms with E-state index in [1.807, 2.05) is 22.7 Å². The number of unbranched alkanes of at least 4 members (excludes halogenated alkanes) is 1. The summed E-state index contributed by atoms with van der Waals surface area (Å²) in [5.41, 5.74) is 2.37. The molecular formula is C29H30ClN5O4. The van der Waals surface area contributed by atoms with E-state index in [0.717, 1.165) is 36.3 Å². The zero-order chi connectivity index (χ0) is 27.9. The molecule has 1 atom stereocenters. The number of nitriles is 1. The van der Waals surface area contributed by atoms with E-state index in [9.17, 15) is 14.9 Å². The third-order valence-electron chi connectivity index (χ3n) is 6.63. The third kappa shape index (κ3) is 6.19. The van der Waals surface area contributed by atoms with Gasteiger partial charge in [-0.3, -0.25) is 14.0 Å². The van der Waals surface area contributed by atoms with Gasteiger partial charge in [-0.15, -0.1) is 10.2 Å². The number of hydrogen-bond acceptors (Lipinski definition) is 7. The Morgan fingerprint density at radius 1 is 1.13 bits per heavy atom. The topological polar surface area (TPSA) is 112 Å². The molecule has 9 nitrogen and oxygen atoms in total. The normalized spacial score (nSPS) is 11.9. The number of hydrogen-bond donors (Lipinski definition) is 0. The van der Waals surface area contributed by atoms with Crippen molar-refractivity contribution in [2.24, 2.45) is 0 Å². The Morgan fingerprint density at radius 2 is 1.95 bits per heavy atom. The number of carbonyl (C=O) groups excluding carboxylic acids is 1. The van der Waals surface area contributed by atoms with E-state index in [2.05, 4.69) is 23.2 Å². The second kappa shape index (κ2) is 12.7. The molecule has 3 heterocycles. The van der Waals surface area contributed by atoms with E-state index in [4.69, 9.17) is 21.1 Å². The number of aryl methyl sites for hydroxylation is 1. The number of nitrogens with zero attached hydrogens (tertiary/aromatic N) is 5. The number of fused-ring (bicyclic) bond motifs is 1. The highest BCUT2D eigenvalue weighted by atomic mass is 35.5. The predicted octanol–water partition coefficient (Wildman–Crippen LogP) is 4.82. The smallest absolute Gasteiger partial charge is 0.252 e. The number of halogens is 1. The van der Waals surface area contributed by atoms with Crippen molar-refractivity contribution < 1.29 is 14.3 Å². The summed E-state index contributed by atoms with van der Waals surface area (Å²) in [5, 5.41) is 18.5. The Morgan fingerprint density at radius 3 is 2.67 bits per heavy atom. The van der Waals surface area contributed by atoms with Crippen LogP contribution in [0.25, 0.3) is 16.8 Å². The standard InChI is InChI=1S/C29H30ClN5O4/c1-4-5-6-27-32-33-28-10-7-19(17-35(27)28)13-25(36)24(11-12-38-2)34-18-26(39-3)23(15-29(34)37)22-14-21(30)9-8-20(22)16-31/h7-10,14-15,17-18,24H,4-6,11-13H2,1-3H3. The van der Waals surface area contributed by atoms with Gasteiger partial charge in [0.1, 0.15) is 11.6 Å². The molecule has 202 valence electrons. The number of pyridine rings is 2. The Kier molecular flexibility index (Phi) is 9.12. The molecule has 0 amide bonds. The molecule has 39 heavy (non-hydrogen) atoms. The van der Waals surface area contributed by atoms with Crippen LogP contribution >= 0.6 is 11.6 Å². The molecule has 1 unspecified atom stereocenters. The number of ketones is 1. The van der Waals surface area contributed by atoms with Gasteiger partial charge in [-0.1, -0.05) is 31.0 Å². The largest absolute Gasteiger partial charge is 0.495 e. The number of ether oxygens (including phenoxy) is 2. The number of benzene rings is 1. The summed E-state index contributed by atoms with van der Waals surface area (Å²) in [5.74, 6) is 1.05. The van der Waals surface area contributed by atoms with Gasteiger partial charge < -0.3 is 14.0 Å². The molecule has 0 spiro atoms. The van der Waals surface area contributed by atoms with Gasteiger partial charge in [0, 0.05) is 55.0 Å². The first kappa shape index (κ1) is 28.0. The third-order valence-corrected chi connectivity index (χ3v) is 6.86. The molecule has 0 aliphatic heterocycles. The van der Waals surface area contributed by atoms with E-state index in [1.165, 1.54) is 23.9 Å². The van der Waals surface area contributed by atoms with Crippen LogP contribution < -0.4 is 10.3 Å². The Bertz CT molecular complexity index is 1590. The molecule has 0 fully saturated rings. The Hall–Kier alpha value is -4.00. The number of rotatable bonds is 12. The molecule has 0 radical (unpaired) electrons. The number of aromatic nitrogens is 4. The van der Waals surface area contributed by atoms with Gasteiger partial charge in [-0.05, 0) is 42.7 Å². The maximum atomic E-state index is 13.6. The first-order chi connectivity index (χ1) is 18.9. The fourth-order valence-corrected chi connectivity index (χ4v) is 4.75. The fraction of sp³-hybridized carbons (Fsp3) is 0.345. The molecule has 0 saturated heterocycles. The van der Waals surface area contributed by atoms with Crippen molar-refractivity contribution in [2.45, 2.75) is 45.1 Å². The lowest BCUT2D eigenvalue weighted by Gasteiger charge is -2.21. The molecular weight excluding hydrogens is 518 g/mol. The van der Waals surface area contributed by atoms with Crippen molar-refractivity contribution in [3.8, 4) is 22.9 Å². The van der Waals surface area contributed by atoms with Crippen LogP contribution in [-0.2, 0) is 22.4 Å². The molecule has 0 aliphatic carbocycles. The lowest BCUT2D eigenvalue weighted by atomic mass is 9.99. The van der Waals surface area contributed by atoms with Gasteiger partial charge in [-0.25, -0.2) is 0 Å². The van der Waals surface area contributed by atoms with E-state index < -0.39 is 11.6 Å². The summed E-state index contributed by atoms with van der Waals surface area (Å²) in [4.78, 5) is 27.0. The van der Waals surface area contributed by atoms with Crippen LogP contribution in [0.5, 0.6) is 5.75 Å². The van der Waals surface area contributed by atoms with Crippen molar-refractivity contribution in [1.29, 1.82) is 5.26 Å². The zero-order valence-corrected chi connectivity index (χ0v) is 22.9. The lowest BCUT2D eigenvalue weighted by molar-refractivity contribution is -0.122. The molecule has 0 bridgehead atoms. The van der Waals surface area contributed by atoms with Gasteiger partial charge in [0.2, 0.25) is 0 Å². The van der Waals surface area contributed by atoms with E-state index in [0.29, 0.717) is 33.9 Å². The van der Waals surface area contributed by atoms with Crippen molar-refractivity contribution in [2.75, 3.05) is 20.8 Å². The van der Waals surface area contributed by atoms with E-state index >= 15 is 0 Å². The number of Topliss-reactive ketones (excluding diaryl/α,β-unsaturated/α-hetero) is 1. The van der Waals surface area contributed by atoms with E-state index in [1.54, 1.807) is 25.3 Å². The summed E-state index contributed by atoms with van der Waals surface area (Å²) in [6, 6.07) is 11.2. The maximum Gasteiger partial charge on any atom is 0.252 e. The minimum absolute atomic E-state index is 0.110. The monoisotopic (exact) mass is 547 g/mol. The highest BCUT2D eigenvalue weighted by Crippen LogP contribution is 2.33. The Labute approximate surface area is 231 Å². The van der Waals surface area contributed by atoms with Crippen molar-refractivity contribution >= 4 is 23.0 Å². The predicted molar refractivity (Wildman–Crippen MR) is 148 cm³/mol. The minimum atomic E-state index is -0.786. The molecule has 0 N–H and O–H groups in total. The number of carbonyl (C=O) groups is 1. The summed E-state index contributed by atoms with van der Waals surface area (Å²) < 4.78 is 14.2. The van der Waals surface area contributed by atoms with Gasteiger partial charge in [0.15, 0.2) is 11.4 Å². The first-order valence-corrected chi connectivity index (χ1v) is 13.1. The second-order valence-electron chi connectivity index (χ2n) is 9.23. The van der Waals surface area contributed by atoms with Crippen molar-refractivity contribution in [3.05, 3.63) is 81.1 Å². The molecule has 10 heteroatoms. The highest BCUT2D eigenvalue weighted by molar-refractivity contribution is 6.31. The van der Waals surface area contributed by atoms with Crippen LogP contribution in [0.3, 0.4) is 0 Å². The number of methoxy groups -OCH3 is 2. The van der Waals surface area contributed by atoms with Gasteiger partial charge >= 0.3 is 0 Å². The zero-order valence-electron chi connectivity index (χ0n) is 22.2. The van der Waals surface area contributed by atoms with Crippen LogP contribution in [0.2, 0.25) is 5.02 Å². The summed E-state index contributed by atoms with van der Waals surface area (Å²) >= 11 is 6.18. The van der Waals surface area contributed by atoms with Crippen LogP contribution in [0.1, 0.15) is 49.2 Å². The second-order valence-corrected chi connectivity index (χ2v) is 9.66. The molecule has 0 saturated carbocycles. The van der Waals surface area contributed by atoms with Crippen LogP contribution in [0, 0.1) is 11.3 Å². The van der Waals surface area contributed by atoms with Crippen molar-refractivity contribution in [3.63, 3.8) is 0 Å². The summed E-state index contributed by atoms with van der Waals surface area (Å²) in [6.45, 7) is 2.40. The van der Waals surface area contributed by atoms with Crippen LogP contribution in [0.4, 0.5) is 0 Å². The molecule has 4 rings (SSSR count). The van der Waals surface area contributed by atoms with Crippen molar-refractivity contribution in [1.82, 2.24) is 19.2 Å². The lowest BCUT2D eigenvalue weighted by Crippen LogP contribution is -2.31. The summed E-state index contributed by atoms with van der Waals surface area (Å²) in [7, 11) is 3.02. The quantitative estimate of drug-likeness (QED) is 0.250. The molecule has 0 aliphatic rings. The molecule has 3 aromatic heterocycles. The fourth-order valence-electron chi connectivity index (χ4n) is 4.58. The average Bonchev–Trinajstić information content (AvgIpc) is 3.34. The SMILES string of the molecule is CCCCc1nnc2ccc(CC(=O)C(CCOC)n3cc(OC)c(-c4cc(Cl)ccc4C#N)cc3=O)cn12. The van der Waals surface area contributed by atoms with Gasteiger partial charge in [-0.2, -0.15) is 5.26 Å². The Balaban J connectivity index is 1.70. The summed E-state index contributed by atoms with van der Waals surface area (Å²) in [6.07, 6.45) is 6.65. The average molecular weight is 548 g/mol. The minimum Gasteiger partial charge on any atom is -0.495 e. The highest BCUT2D eigenvalue weighted by Gasteiger charge is 2.24. The van der Waals surface area contributed by atoms with Gasteiger partial charge in [0.25, 0.3) is 5.56 Å². The maximum absolute atomic E-state index is 13.6. The van der Waals surface area contributed by atoms with Crippen LogP contribution in [-0.4, -0.2) is 45.8 Å². The first-order valence-electron chi connectivity index (χ1n) is 12.7. The molecule has 1 aromatic carbocycles. The van der Waals surface area contributed by atoms with Gasteiger partial charge in [0.05, 0.1) is 31.0 Å². The van der Waals surface area contributed by atoms with Crippen LogP contribution in [0.15, 0.2) is 53.6 Å². The molecule has 4 aromatic rings. The van der Waals surface area contributed by atoms with E-state index in [-0.39, 0.29) is 18.8 Å².